The number of aryl methyl sites for hydroxylation is 1. The average molecular weight is 414 g/mol. The molecule has 1 aromatic heterocycles. The van der Waals surface area contributed by atoms with Crippen molar-refractivity contribution in [3.63, 3.8) is 0 Å². The van der Waals surface area contributed by atoms with E-state index in [2.05, 4.69) is 5.32 Å². The first kappa shape index (κ1) is 20.3. The van der Waals surface area contributed by atoms with Crippen LogP contribution in [0.4, 0.5) is 11.4 Å². The molecule has 0 saturated carbocycles. The molecular weight excluding hydrogens is 391 g/mol. The predicted molar refractivity (Wildman–Crippen MR) is 117 cm³/mol. The molecule has 0 aliphatic rings. The Morgan fingerprint density at radius 1 is 1.18 bits per heavy atom. The number of rotatable bonds is 7. The van der Waals surface area contributed by atoms with Gasteiger partial charge in [0.2, 0.25) is 7.37 Å². The molecule has 1 heterocycles. The van der Waals surface area contributed by atoms with E-state index in [4.69, 9.17) is 5.73 Å². The van der Waals surface area contributed by atoms with Gasteiger partial charge in [0, 0.05) is 22.8 Å². The Kier molecular flexibility index (Phi) is 6.35. The molecule has 3 aromatic rings. The number of hydrogen-bond acceptors (Lipinski definition) is 4. The summed E-state index contributed by atoms with van der Waals surface area (Å²) in [6, 6.07) is 16.7. The van der Waals surface area contributed by atoms with Gasteiger partial charge >= 0.3 is 0 Å². The highest BCUT2D eigenvalue weighted by atomic mass is 32.1. The van der Waals surface area contributed by atoms with Gasteiger partial charge in [0.1, 0.15) is 0 Å². The number of carbonyl (C=O) groups is 1. The molecular formula is C21H23N2O3PS. The molecule has 5 nitrogen and oxygen atoms in total. The zero-order valence-corrected chi connectivity index (χ0v) is 17.3. The Bertz CT molecular complexity index is 1000. The monoisotopic (exact) mass is 414 g/mol. The van der Waals surface area contributed by atoms with Crippen molar-refractivity contribution >= 4 is 36.0 Å². The van der Waals surface area contributed by atoms with Crippen LogP contribution >= 0.6 is 18.7 Å². The first-order valence-corrected chi connectivity index (χ1v) is 11.9. The smallest absolute Gasteiger partial charge is 0.255 e. The summed E-state index contributed by atoms with van der Waals surface area (Å²) >= 11 is 1.62. The van der Waals surface area contributed by atoms with Gasteiger partial charge in [0.05, 0.1) is 11.4 Å². The van der Waals surface area contributed by atoms with Crippen molar-refractivity contribution < 1.29 is 14.3 Å². The standard InChI is InChI=1S/C21H23N2O3PS/c1-2-27(25,26)12-11-15-5-7-16(8-6-15)21(24)23-19-14-17(9-10-18(19)22)20-4-3-13-28-20/h3-10,13-14H,2,11-12,22H2,1H3,(H,23,24)(H,25,26). The van der Waals surface area contributed by atoms with Gasteiger partial charge in [-0.25, -0.2) is 0 Å². The normalized spacial score (nSPS) is 13.1. The predicted octanol–water partition coefficient (Wildman–Crippen LogP) is 5.08. The Morgan fingerprint density at radius 2 is 1.93 bits per heavy atom. The van der Waals surface area contributed by atoms with Gasteiger partial charge in [-0.05, 0) is 53.3 Å². The van der Waals surface area contributed by atoms with Crippen LogP contribution in [0.5, 0.6) is 0 Å². The number of nitrogen functional groups attached to an aromatic ring is 1. The summed E-state index contributed by atoms with van der Waals surface area (Å²) in [6.45, 7) is 1.72. The second kappa shape index (κ2) is 8.74. The van der Waals surface area contributed by atoms with Gasteiger partial charge in [0.25, 0.3) is 5.91 Å². The van der Waals surface area contributed by atoms with E-state index < -0.39 is 7.37 Å². The zero-order valence-electron chi connectivity index (χ0n) is 15.6. The van der Waals surface area contributed by atoms with Crippen LogP contribution in [0.3, 0.4) is 0 Å². The summed E-state index contributed by atoms with van der Waals surface area (Å²) in [6.07, 6.45) is 1.04. The molecule has 0 bridgehead atoms. The third-order valence-corrected chi connectivity index (χ3v) is 7.40. The number of nitrogens with one attached hydrogen (secondary N) is 1. The Balaban J connectivity index is 1.70. The lowest BCUT2D eigenvalue weighted by molar-refractivity contribution is 0.102. The SMILES string of the molecule is CCP(=O)(O)CCc1ccc(C(=O)Nc2cc(-c3cccs3)ccc2N)cc1. The van der Waals surface area contributed by atoms with Crippen molar-refractivity contribution in [2.24, 2.45) is 0 Å². The summed E-state index contributed by atoms with van der Waals surface area (Å²) in [5.41, 5.74) is 9.54. The van der Waals surface area contributed by atoms with E-state index in [-0.39, 0.29) is 18.2 Å². The molecule has 0 radical (unpaired) electrons. The molecule has 2 aromatic carbocycles. The van der Waals surface area contributed by atoms with Crippen LogP contribution in [-0.2, 0) is 11.0 Å². The second-order valence-corrected chi connectivity index (χ2v) is 10.3. The van der Waals surface area contributed by atoms with Crippen molar-refractivity contribution in [2.75, 3.05) is 23.4 Å². The number of thiophene rings is 1. The molecule has 3 rings (SSSR count). The molecule has 0 spiro atoms. The fourth-order valence-corrected chi connectivity index (χ4v) is 4.39. The summed E-state index contributed by atoms with van der Waals surface area (Å²) in [7, 11) is -3.04. The van der Waals surface area contributed by atoms with Crippen molar-refractivity contribution in [3.8, 4) is 10.4 Å². The number of amides is 1. The minimum absolute atomic E-state index is 0.247. The quantitative estimate of drug-likeness (QED) is 0.371. The number of anilines is 2. The van der Waals surface area contributed by atoms with E-state index in [0.717, 1.165) is 16.0 Å². The van der Waals surface area contributed by atoms with Crippen molar-refractivity contribution in [2.45, 2.75) is 13.3 Å². The third-order valence-electron chi connectivity index (χ3n) is 4.57. The van der Waals surface area contributed by atoms with E-state index in [1.165, 1.54) is 0 Å². The zero-order chi connectivity index (χ0) is 20.1. The van der Waals surface area contributed by atoms with Crippen LogP contribution < -0.4 is 11.1 Å². The largest absolute Gasteiger partial charge is 0.397 e. The number of carbonyl (C=O) groups excluding carboxylic acids is 1. The Labute approximate surface area is 168 Å². The lowest BCUT2D eigenvalue weighted by Gasteiger charge is -2.11. The summed E-state index contributed by atoms with van der Waals surface area (Å²) in [5, 5.41) is 4.87. The minimum atomic E-state index is -3.04. The average Bonchev–Trinajstić information content (AvgIpc) is 3.23. The molecule has 1 amide bonds. The molecule has 1 atom stereocenters. The molecule has 0 aliphatic carbocycles. The van der Waals surface area contributed by atoms with Crippen LogP contribution in [0.25, 0.3) is 10.4 Å². The van der Waals surface area contributed by atoms with Crippen molar-refractivity contribution in [1.29, 1.82) is 0 Å². The molecule has 4 N–H and O–H groups in total. The maximum absolute atomic E-state index is 12.6. The third kappa shape index (κ3) is 5.10. The van der Waals surface area contributed by atoms with Crippen LogP contribution in [0.2, 0.25) is 0 Å². The summed E-state index contributed by atoms with van der Waals surface area (Å²) in [4.78, 5) is 23.4. The number of benzene rings is 2. The first-order chi connectivity index (χ1) is 13.4. The van der Waals surface area contributed by atoms with Gasteiger partial charge in [-0.3, -0.25) is 9.36 Å². The van der Waals surface area contributed by atoms with E-state index in [1.807, 2.05) is 41.8 Å². The lowest BCUT2D eigenvalue weighted by atomic mass is 10.1. The fourth-order valence-electron chi connectivity index (χ4n) is 2.74. The molecule has 0 aliphatic heterocycles. The van der Waals surface area contributed by atoms with Crippen LogP contribution in [-0.4, -0.2) is 23.1 Å². The number of nitrogens with two attached hydrogens (primary N) is 1. The minimum Gasteiger partial charge on any atom is -0.397 e. The lowest BCUT2D eigenvalue weighted by Crippen LogP contribution is -2.13. The highest BCUT2D eigenvalue weighted by Crippen LogP contribution is 2.40. The topological polar surface area (TPSA) is 92.4 Å². The molecule has 146 valence electrons. The molecule has 1 unspecified atom stereocenters. The van der Waals surface area contributed by atoms with Crippen LogP contribution in [0.15, 0.2) is 60.0 Å². The highest BCUT2D eigenvalue weighted by Gasteiger charge is 2.15. The van der Waals surface area contributed by atoms with Crippen LogP contribution in [0, 0.1) is 0 Å². The van der Waals surface area contributed by atoms with Crippen LogP contribution in [0.1, 0.15) is 22.8 Å². The molecule has 0 fully saturated rings. The Hall–Kier alpha value is -2.40. The fraction of sp³-hybridized carbons (Fsp3) is 0.190. The Morgan fingerprint density at radius 3 is 2.57 bits per heavy atom. The van der Waals surface area contributed by atoms with Gasteiger partial charge in [0.15, 0.2) is 0 Å². The van der Waals surface area contributed by atoms with E-state index in [9.17, 15) is 14.3 Å². The maximum atomic E-state index is 12.6. The van der Waals surface area contributed by atoms with Gasteiger partial charge in [-0.1, -0.05) is 31.2 Å². The number of hydrogen-bond donors (Lipinski definition) is 3. The highest BCUT2D eigenvalue weighted by molar-refractivity contribution is 7.57. The maximum Gasteiger partial charge on any atom is 0.255 e. The summed E-state index contributed by atoms with van der Waals surface area (Å²) in [5.74, 6) is -0.247. The molecule has 7 heteroatoms. The van der Waals surface area contributed by atoms with Gasteiger partial charge in [-0.2, -0.15) is 0 Å². The molecule has 28 heavy (non-hydrogen) atoms. The van der Waals surface area contributed by atoms with E-state index >= 15 is 0 Å². The molecule has 0 saturated heterocycles. The van der Waals surface area contributed by atoms with Crippen molar-refractivity contribution in [1.82, 2.24) is 0 Å². The van der Waals surface area contributed by atoms with E-state index in [0.29, 0.717) is 23.4 Å². The van der Waals surface area contributed by atoms with Gasteiger partial charge < -0.3 is 15.9 Å². The van der Waals surface area contributed by atoms with E-state index in [1.54, 1.807) is 36.5 Å². The first-order valence-electron chi connectivity index (χ1n) is 9.02. The van der Waals surface area contributed by atoms with Gasteiger partial charge in [-0.15, -0.1) is 11.3 Å². The van der Waals surface area contributed by atoms with Crippen molar-refractivity contribution in [3.05, 3.63) is 71.1 Å². The second-order valence-electron chi connectivity index (χ2n) is 6.57. The summed E-state index contributed by atoms with van der Waals surface area (Å²) < 4.78 is 11.8.